The van der Waals surface area contributed by atoms with Crippen molar-refractivity contribution < 1.29 is 17.6 Å². The fraction of sp³-hybridized carbons (Fsp3) is 0.538. The average molecular weight is 384 g/mol. The molecule has 1 aromatic carbocycles. The molecule has 9 heteroatoms. The molecule has 1 aliphatic heterocycles. The van der Waals surface area contributed by atoms with Crippen molar-refractivity contribution in [2.75, 3.05) is 26.2 Å². The Morgan fingerprint density at radius 2 is 1.73 bits per heavy atom. The van der Waals surface area contributed by atoms with Crippen LogP contribution in [0.25, 0.3) is 0 Å². The van der Waals surface area contributed by atoms with E-state index in [1.165, 1.54) is 6.07 Å². The molecule has 1 atom stereocenters. The van der Waals surface area contributed by atoms with Gasteiger partial charge in [0.05, 0.1) is 6.42 Å². The second-order valence-electron chi connectivity index (χ2n) is 4.82. The minimum Gasteiger partial charge on any atom is -0.314 e. The number of rotatable bonds is 3. The van der Waals surface area contributed by atoms with Gasteiger partial charge in [-0.3, -0.25) is 4.90 Å². The van der Waals surface area contributed by atoms with Crippen molar-refractivity contribution in [3.05, 3.63) is 34.6 Å². The summed E-state index contributed by atoms with van der Waals surface area (Å²) < 4.78 is 51.7. The molecular weight excluding hydrogens is 367 g/mol. The van der Waals surface area contributed by atoms with Gasteiger partial charge < -0.3 is 5.32 Å². The van der Waals surface area contributed by atoms with Crippen molar-refractivity contribution in [2.24, 2.45) is 0 Å². The largest absolute Gasteiger partial charge is 0.390 e. The molecule has 2 nitrogen and oxygen atoms in total. The molecule has 1 saturated heterocycles. The van der Waals surface area contributed by atoms with Crippen molar-refractivity contribution in [3.63, 3.8) is 0 Å². The summed E-state index contributed by atoms with van der Waals surface area (Å²) in [5, 5.41) is 3.20. The Balaban J connectivity index is 0.00000220. The monoisotopic (exact) mass is 382 g/mol. The Morgan fingerprint density at radius 1 is 1.14 bits per heavy atom. The second-order valence-corrected chi connectivity index (χ2v) is 5.26. The molecule has 1 aliphatic rings. The molecule has 128 valence electrons. The maximum Gasteiger partial charge on any atom is 0.390 e. The van der Waals surface area contributed by atoms with Gasteiger partial charge in [-0.15, -0.1) is 24.8 Å². The van der Waals surface area contributed by atoms with Crippen LogP contribution in [-0.2, 0) is 0 Å². The summed E-state index contributed by atoms with van der Waals surface area (Å²) in [6, 6.07) is 2.73. The van der Waals surface area contributed by atoms with E-state index >= 15 is 0 Å². The Hall–Kier alpha value is -0.270. The third-order valence-corrected chi connectivity index (χ3v) is 3.51. The zero-order valence-corrected chi connectivity index (χ0v) is 13.9. The van der Waals surface area contributed by atoms with Crippen LogP contribution in [0, 0.1) is 5.82 Å². The van der Waals surface area contributed by atoms with Crippen LogP contribution >= 0.6 is 36.4 Å². The van der Waals surface area contributed by atoms with Crippen molar-refractivity contribution in [1.29, 1.82) is 0 Å². The molecule has 1 N–H and O–H groups in total. The third kappa shape index (κ3) is 6.46. The van der Waals surface area contributed by atoms with E-state index < -0.39 is 24.5 Å². The second kappa shape index (κ2) is 9.13. The highest BCUT2D eigenvalue weighted by molar-refractivity contribution is 6.30. The maximum absolute atomic E-state index is 13.4. The Bertz CT molecular complexity index is 445. The number of hydrogen-bond acceptors (Lipinski definition) is 2. The van der Waals surface area contributed by atoms with Gasteiger partial charge in [0.1, 0.15) is 5.82 Å². The van der Waals surface area contributed by atoms with Gasteiger partial charge in [0, 0.05) is 37.2 Å². The molecule has 0 aromatic heterocycles. The zero-order chi connectivity index (χ0) is 14.8. The van der Waals surface area contributed by atoms with Crippen LogP contribution in [0.5, 0.6) is 0 Å². The van der Waals surface area contributed by atoms with Crippen LogP contribution in [0.2, 0.25) is 5.02 Å². The number of nitrogens with zero attached hydrogens (tertiary/aromatic N) is 1. The van der Waals surface area contributed by atoms with E-state index in [0.717, 1.165) is 12.1 Å². The minimum absolute atomic E-state index is 0. The molecule has 0 spiro atoms. The summed E-state index contributed by atoms with van der Waals surface area (Å²) in [5.41, 5.74) is 0.272. The molecule has 22 heavy (non-hydrogen) atoms. The number of piperazine rings is 1. The van der Waals surface area contributed by atoms with Crippen LogP contribution in [-0.4, -0.2) is 37.3 Å². The summed E-state index contributed by atoms with van der Waals surface area (Å²) in [4.78, 5) is 1.72. The number of hydrogen-bond donors (Lipinski definition) is 1. The average Bonchev–Trinajstić information content (AvgIpc) is 2.35. The Kier molecular flexibility index (Phi) is 9.02. The van der Waals surface area contributed by atoms with E-state index in [9.17, 15) is 17.6 Å². The summed E-state index contributed by atoms with van der Waals surface area (Å²) in [6.07, 6.45) is -5.32. The van der Waals surface area contributed by atoms with E-state index in [4.69, 9.17) is 11.6 Å². The van der Waals surface area contributed by atoms with Crippen LogP contribution in [0.4, 0.5) is 17.6 Å². The van der Waals surface area contributed by atoms with Gasteiger partial charge in [-0.1, -0.05) is 11.6 Å². The van der Waals surface area contributed by atoms with E-state index in [1.54, 1.807) is 4.90 Å². The van der Waals surface area contributed by atoms with Gasteiger partial charge in [-0.25, -0.2) is 4.39 Å². The number of alkyl halides is 3. The molecule has 1 fully saturated rings. The lowest BCUT2D eigenvalue weighted by Crippen LogP contribution is -2.46. The molecule has 0 aliphatic carbocycles. The van der Waals surface area contributed by atoms with Gasteiger partial charge in [-0.2, -0.15) is 13.2 Å². The van der Waals surface area contributed by atoms with Crippen LogP contribution < -0.4 is 5.32 Å². The highest BCUT2D eigenvalue weighted by Crippen LogP contribution is 2.35. The van der Waals surface area contributed by atoms with Crippen molar-refractivity contribution in [2.45, 2.75) is 18.6 Å². The van der Waals surface area contributed by atoms with Gasteiger partial charge in [-0.05, 0) is 23.8 Å². The molecule has 0 radical (unpaired) electrons. The third-order valence-electron chi connectivity index (χ3n) is 3.29. The first-order valence-electron chi connectivity index (χ1n) is 6.33. The van der Waals surface area contributed by atoms with Crippen LogP contribution in [0.3, 0.4) is 0 Å². The highest BCUT2D eigenvalue weighted by atomic mass is 35.5. The Labute approximate surface area is 144 Å². The van der Waals surface area contributed by atoms with Gasteiger partial charge >= 0.3 is 6.18 Å². The molecule has 1 heterocycles. The summed E-state index contributed by atoms with van der Waals surface area (Å²) in [6.45, 7) is 2.23. The van der Waals surface area contributed by atoms with E-state index in [-0.39, 0.29) is 35.4 Å². The summed E-state index contributed by atoms with van der Waals surface area (Å²) in [7, 11) is 0. The predicted molar refractivity (Wildman–Crippen MR) is 83.8 cm³/mol. The quantitative estimate of drug-likeness (QED) is 0.786. The Morgan fingerprint density at radius 3 is 2.23 bits per heavy atom. The molecule has 0 amide bonds. The van der Waals surface area contributed by atoms with Crippen molar-refractivity contribution >= 4 is 36.4 Å². The normalized spacial score (nSPS) is 17.3. The first kappa shape index (κ1) is 21.7. The number of halogens is 7. The molecule has 0 bridgehead atoms. The highest BCUT2D eigenvalue weighted by Gasteiger charge is 2.36. The molecule has 0 saturated carbocycles. The first-order valence-corrected chi connectivity index (χ1v) is 6.70. The molecule has 2 rings (SSSR count). The zero-order valence-electron chi connectivity index (χ0n) is 11.5. The standard InChI is InChI=1S/C13H15ClF4N2.2ClH/c14-10-5-9(6-11(15)7-10)12(8-13(16,17)18)20-3-1-19-2-4-20;;/h5-7,12,19H,1-4,8H2;2*1H/t12-;;/m0../s1. The number of nitrogens with one attached hydrogen (secondary N) is 1. The fourth-order valence-electron chi connectivity index (χ4n) is 2.44. The molecular formula is C13H17Cl3F4N2. The molecule has 0 unspecified atom stereocenters. The lowest BCUT2D eigenvalue weighted by atomic mass is 10.0. The minimum atomic E-state index is -4.31. The van der Waals surface area contributed by atoms with Crippen molar-refractivity contribution in [1.82, 2.24) is 10.2 Å². The summed E-state index contributed by atoms with van der Waals surface area (Å²) in [5.74, 6) is -0.616. The topological polar surface area (TPSA) is 15.3 Å². The summed E-state index contributed by atoms with van der Waals surface area (Å²) >= 11 is 5.75. The van der Waals surface area contributed by atoms with E-state index in [0.29, 0.717) is 26.2 Å². The lowest BCUT2D eigenvalue weighted by molar-refractivity contribution is -0.148. The predicted octanol–water partition coefficient (Wildman–Crippen LogP) is 4.22. The number of benzene rings is 1. The van der Waals surface area contributed by atoms with Gasteiger partial charge in [0.15, 0.2) is 0 Å². The first-order chi connectivity index (χ1) is 9.35. The van der Waals surface area contributed by atoms with Crippen LogP contribution in [0.15, 0.2) is 18.2 Å². The van der Waals surface area contributed by atoms with Gasteiger partial charge in [0.25, 0.3) is 0 Å². The molecule has 1 aromatic rings. The smallest absolute Gasteiger partial charge is 0.314 e. The maximum atomic E-state index is 13.4. The van der Waals surface area contributed by atoms with Gasteiger partial charge in [0.2, 0.25) is 0 Å². The van der Waals surface area contributed by atoms with E-state index in [1.807, 2.05) is 0 Å². The van der Waals surface area contributed by atoms with Crippen molar-refractivity contribution in [3.8, 4) is 0 Å². The SMILES string of the molecule is Cl.Cl.Fc1cc(Cl)cc([C@H](CC(F)(F)F)N2CCNCC2)c1. The van der Waals surface area contributed by atoms with E-state index in [2.05, 4.69) is 5.32 Å². The van der Waals surface area contributed by atoms with Crippen LogP contribution in [0.1, 0.15) is 18.0 Å². The fourth-order valence-corrected chi connectivity index (χ4v) is 2.67. The lowest BCUT2D eigenvalue weighted by Gasteiger charge is -2.35.